The molecule has 0 saturated carbocycles. The van der Waals surface area contributed by atoms with E-state index in [1.807, 2.05) is 25.1 Å². The zero-order chi connectivity index (χ0) is 13.0. The van der Waals surface area contributed by atoms with Gasteiger partial charge >= 0.3 is 5.97 Å². The number of para-hydroxylation sites is 1. The summed E-state index contributed by atoms with van der Waals surface area (Å²) in [4.78, 5) is 10.5. The van der Waals surface area contributed by atoms with Crippen LogP contribution in [0.5, 0.6) is 11.5 Å². The molecule has 0 fully saturated rings. The van der Waals surface area contributed by atoms with Crippen molar-refractivity contribution in [1.29, 1.82) is 0 Å². The van der Waals surface area contributed by atoms with Gasteiger partial charge in [0.1, 0.15) is 0 Å². The number of carboxylic acids is 1. The summed E-state index contributed by atoms with van der Waals surface area (Å²) in [6.07, 6.45) is 3.63. The molecule has 0 bridgehead atoms. The highest BCUT2D eigenvalue weighted by Gasteiger charge is 2.21. The van der Waals surface area contributed by atoms with Crippen molar-refractivity contribution in [2.75, 3.05) is 13.2 Å². The first-order valence-corrected chi connectivity index (χ1v) is 5.99. The molecule has 0 aliphatic carbocycles. The van der Waals surface area contributed by atoms with Gasteiger partial charge in [0.2, 0.25) is 0 Å². The Kier molecular flexibility index (Phi) is 3.87. The van der Waals surface area contributed by atoms with Gasteiger partial charge < -0.3 is 14.6 Å². The summed E-state index contributed by atoms with van der Waals surface area (Å²) in [6.45, 7) is 3.02. The van der Waals surface area contributed by atoms with Crippen molar-refractivity contribution >= 4 is 5.97 Å². The third kappa shape index (κ3) is 2.83. The van der Waals surface area contributed by atoms with Crippen molar-refractivity contribution in [3.05, 3.63) is 35.9 Å². The molecule has 4 heteroatoms. The summed E-state index contributed by atoms with van der Waals surface area (Å²) >= 11 is 0. The van der Waals surface area contributed by atoms with Crippen LogP contribution in [0.2, 0.25) is 0 Å². The summed E-state index contributed by atoms with van der Waals surface area (Å²) in [7, 11) is 0. The number of fused-ring (bicyclic) bond motifs is 1. The van der Waals surface area contributed by atoms with E-state index < -0.39 is 5.97 Å². The molecule has 1 heterocycles. The molecule has 1 N–H and O–H groups in total. The van der Waals surface area contributed by atoms with Crippen molar-refractivity contribution in [2.24, 2.45) is 5.92 Å². The normalized spacial score (nSPS) is 18.2. The van der Waals surface area contributed by atoms with Gasteiger partial charge in [0, 0.05) is 12.0 Å². The number of ether oxygens (including phenoxy) is 2. The maximum atomic E-state index is 10.5. The van der Waals surface area contributed by atoms with Crippen molar-refractivity contribution in [1.82, 2.24) is 0 Å². The molecule has 0 spiro atoms. The monoisotopic (exact) mass is 248 g/mol. The van der Waals surface area contributed by atoms with Gasteiger partial charge in [-0.05, 0) is 25.0 Å². The minimum absolute atomic E-state index is 0.102. The van der Waals surface area contributed by atoms with Crippen molar-refractivity contribution < 1.29 is 19.4 Å². The predicted octanol–water partition coefficient (Wildman–Crippen LogP) is 2.28. The second-order valence-corrected chi connectivity index (χ2v) is 4.15. The Morgan fingerprint density at radius 2 is 2.44 bits per heavy atom. The molecule has 1 aliphatic rings. The van der Waals surface area contributed by atoms with E-state index in [4.69, 9.17) is 14.6 Å². The van der Waals surface area contributed by atoms with E-state index in [1.54, 1.807) is 6.08 Å². The number of rotatable bonds is 4. The molecule has 1 aromatic rings. The summed E-state index contributed by atoms with van der Waals surface area (Å²) in [5, 5.41) is 8.61. The SMILES string of the molecule is CCOc1cccc2c1OC[C@H](/C=C/C(=O)O)C2. The Morgan fingerprint density at radius 1 is 1.61 bits per heavy atom. The second-order valence-electron chi connectivity index (χ2n) is 4.15. The highest BCUT2D eigenvalue weighted by atomic mass is 16.5. The molecule has 0 amide bonds. The first-order valence-electron chi connectivity index (χ1n) is 5.99. The van der Waals surface area contributed by atoms with E-state index in [2.05, 4.69) is 0 Å². The fraction of sp³-hybridized carbons (Fsp3) is 0.357. The lowest BCUT2D eigenvalue weighted by atomic mass is 9.96. The molecule has 1 atom stereocenters. The van der Waals surface area contributed by atoms with Crippen LogP contribution < -0.4 is 9.47 Å². The lowest BCUT2D eigenvalue weighted by molar-refractivity contribution is -0.131. The molecule has 4 nitrogen and oxygen atoms in total. The van der Waals surface area contributed by atoms with Crippen LogP contribution in [0.1, 0.15) is 12.5 Å². The van der Waals surface area contributed by atoms with Gasteiger partial charge in [0.05, 0.1) is 13.2 Å². The average Bonchev–Trinajstić information content (AvgIpc) is 2.37. The van der Waals surface area contributed by atoms with E-state index in [0.29, 0.717) is 13.2 Å². The highest BCUT2D eigenvalue weighted by molar-refractivity contribution is 5.79. The van der Waals surface area contributed by atoms with Gasteiger partial charge in [-0.25, -0.2) is 4.79 Å². The Morgan fingerprint density at radius 3 is 3.17 bits per heavy atom. The van der Waals surface area contributed by atoms with Gasteiger partial charge in [0.15, 0.2) is 11.5 Å². The van der Waals surface area contributed by atoms with Crippen LogP contribution in [-0.2, 0) is 11.2 Å². The topological polar surface area (TPSA) is 55.8 Å². The van der Waals surface area contributed by atoms with Gasteiger partial charge in [0.25, 0.3) is 0 Å². The van der Waals surface area contributed by atoms with Crippen LogP contribution in [0.25, 0.3) is 0 Å². The van der Waals surface area contributed by atoms with Crippen LogP contribution in [0.15, 0.2) is 30.4 Å². The third-order valence-electron chi connectivity index (χ3n) is 2.80. The Balaban J connectivity index is 2.15. The summed E-state index contributed by atoms with van der Waals surface area (Å²) in [5.41, 5.74) is 1.06. The summed E-state index contributed by atoms with van der Waals surface area (Å²) in [6, 6.07) is 5.80. The molecule has 0 saturated heterocycles. The molecule has 2 rings (SSSR count). The molecule has 1 aliphatic heterocycles. The Labute approximate surface area is 106 Å². The number of benzene rings is 1. The van der Waals surface area contributed by atoms with Gasteiger partial charge in [-0.15, -0.1) is 0 Å². The zero-order valence-corrected chi connectivity index (χ0v) is 10.3. The van der Waals surface area contributed by atoms with Gasteiger partial charge in [-0.3, -0.25) is 0 Å². The Hall–Kier alpha value is -1.97. The fourth-order valence-corrected chi connectivity index (χ4v) is 2.03. The number of carboxylic acid groups (broad SMARTS) is 1. The molecule has 96 valence electrons. The quantitative estimate of drug-likeness (QED) is 0.830. The minimum Gasteiger partial charge on any atom is -0.490 e. The highest BCUT2D eigenvalue weighted by Crippen LogP contribution is 2.36. The maximum absolute atomic E-state index is 10.5. The van der Waals surface area contributed by atoms with E-state index in [0.717, 1.165) is 23.5 Å². The standard InChI is InChI=1S/C14H16O4/c1-2-17-12-5-3-4-11-8-10(6-7-13(15)16)9-18-14(11)12/h3-7,10H,2,8-9H2,1H3,(H,15,16)/b7-6+/t10-/m1/s1. The first kappa shape index (κ1) is 12.5. The number of hydrogen-bond acceptors (Lipinski definition) is 3. The van der Waals surface area contributed by atoms with Crippen LogP contribution in [0.3, 0.4) is 0 Å². The molecule has 0 aromatic heterocycles. The van der Waals surface area contributed by atoms with Gasteiger partial charge in [-0.1, -0.05) is 18.2 Å². The smallest absolute Gasteiger partial charge is 0.327 e. The number of hydrogen-bond donors (Lipinski definition) is 1. The van der Waals surface area contributed by atoms with E-state index in [-0.39, 0.29) is 5.92 Å². The molecule has 1 aromatic carbocycles. The fourth-order valence-electron chi connectivity index (χ4n) is 2.03. The zero-order valence-electron chi connectivity index (χ0n) is 10.3. The van der Waals surface area contributed by atoms with Crippen LogP contribution in [-0.4, -0.2) is 24.3 Å². The summed E-state index contributed by atoms with van der Waals surface area (Å²) < 4.78 is 11.2. The Bertz CT molecular complexity index is 465. The molecule has 0 unspecified atom stereocenters. The van der Waals surface area contributed by atoms with Crippen molar-refractivity contribution in [2.45, 2.75) is 13.3 Å². The second kappa shape index (κ2) is 5.58. The molecule has 18 heavy (non-hydrogen) atoms. The van der Waals surface area contributed by atoms with Crippen LogP contribution in [0.4, 0.5) is 0 Å². The molecule has 0 radical (unpaired) electrons. The summed E-state index contributed by atoms with van der Waals surface area (Å²) in [5.74, 6) is 0.726. The maximum Gasteiger partial charge on any atom is 0.327 e. The largest absolute Gasteiger partial charge is 0.490 e. The minimum atomic E-state index is -0.927. The number of aliphatic carboxylic acids is 1. The number of carbonyl (C=O) groups is 1. The van der Waals surface area contributed by atoms with Crippen LogP contribution >= 0.6 is 0 Å². The van der Waals surface area contributed by atoms with E-state index in [9.17, 15) is 4.79 Å². The average molecular weight is 248 g/mol. The van der Waals surface area contributed by atoms with Gasteiger partial charge in [-0.2, -0.15) is 0 Å². The van der Waals surface area contributed by atoms with Crippen molar-refractivity contribution in [3.8, 4) is 11.5 Å². The van der Waals surface area contributed by atoms with Crippen molar-refractivity contribution in [3.63, 3.8) is 0 Å². The van der Waals surface area contributed by atoms with E-state index in [1.165, 1.54) is 6.08 Å². The lowest BCUT2D eigenvalue weighted by Crippen LogP contribution is -2.20. The van der Waals surface area contributed by atoms with Crippen LogP contribution in [0, 0.1) is 5.92 Å². The molecular weight excluding hydrogens is 232 g/mol. The third-order valence-corrected chi connectivity index (χ3v) is 2.80. The predicted molar refractivity (Wildman–Crippen MR) is 67.1 cm³/mol. The lowest BCUT2D eigenvalue weighted by Gasteiger charge is -2.24. The molecular formula is C14H16O4. The van der Waals surface area contributed by atoms with E-state index >= 15 is 0 Å². The first-order chi connectivity index (χ1) is 8.70.